The molecule has 1 aromatic heterocycles. The summed E-state index contributed by atoms with van der Waals surface area (Å²) < 4.78 is 20.6. The van der Waals surface area contributed by atoms with E-state index in [4.69, 9.17) is 27.6 Å². The van der Waals surface area contributed by atoms with Crippen LogP contribution in [0.5, 0.6) is 5.75 Å². The molecule has 4 aromatic rings. The predicted molar refractivity (Wildman–Crippen MR) is 173 cm³/mol. The van der Waals surface area contributed by atoms with Gasteiger partial charge >= 0.3 is 0 Å². The maximum atomic E-state index is 14.8. The van der Waals surface area contributed by atoms with Crippen LogP contribution in [0.4, 0.5) is 10.1 Å². The molecule has 4 aliphatic rings. The lowest BCUT2D eigenvalue weighted by atomic mass is 9.56. The molecule has 13 heteroatoms. The molecule has 1 saturated carbocycles. The Morgan fingerprint density at radius 1 is 0.957 bits per heavy atom. The van der Waals surface area contributed by atoms with Crippen molar-refractivity contribution in [1.29, 1.82) is 0 Å². The van der Waals surface area contributed by atoms with Gasteiger partial charge in [-0.05, 0) is 61.2 Å². The number of phenols is 1. The van der Waals surface area contributed by atoms with E-state index in [0.29, 0.717) is 33.8 Å². The van der Waals surface area contributed by atoms with Gasteiger partial charge in [-0.25, -0.2) is 9.37 Å². The quantitative estimate of drug-likeness (QED) is 0.114. The van der Waals surface area contributed by atoms with Crippen molar-refractivity contribution in [3.63, 3.8) is 0 Å². The van der Waals surface area contributed by atoms with E-state index in [2.05, 4.69) is 20.9 Å². The number of benzene rings is 3. The summed E-state index contributed by atoms with van der Waals surface area (Å²) in [6.07, 6.45) is 1.62. The second-order valence-corrected chi connectivity index (χ2v) is 14.0. The Balaban J connectivity index is 1.19. The molecule has 1 N–H and O–H groups in total. The molecule has 2 saturated heterocycles. The summed E-state index contributed by atoms with van der Waals surface area (Å²) in [7, 11) is 0. The van der Waals surface area contributed by atoms with Crippen LogP contribution in [0.3, 0.4) is 0 Å². The van der Waals surface area contributed by atoms with Gasteiger partial charge in [0.15, 0.2) is 26.9 Å². The second-order valence-electron chi connectivity index (χ2n) is 12.2. The largest absolute Gasteiger partial charge is 0.505 e. The number of oxazole rings is 1. The summed E-state index contributed by atoms with van der Waals surface area (Å²) in [5.41, 5.74) is 2.53. The number of aromatic nitrogens is 1. The highest BCUT2D eigenvalue weighted by molar-refractivity contribution is 9.09. The lowest BCUT2D eigenvalue weighted by molar-refractivity contribution is -0.138. The van der Waals surface area contributed by atoms with Crippen LogP contribution in [0.2, 0.25) is 0 Å². The molecule has 2 aliphatic heterocycles. The fourth-order valence-electron chi connectivity index (χ4n) is 7.87. The number of alkyl halides is 3. The van der Waals surface area contributed by atoms with Gasteiger partial charge in [0.2, 0.25) is 17.7 Å². The van der Waals surface area contributed by atoms with Gasteiger partial charge in [0, 0.05) is 17.0 Å². The van der Waals surface area contributed by atoms with Crippen LogP contribution < -0.4 is 4.90 Å². The van der Waals surface area contributed by atoms with Gasteiger partial charge in [0.1, 0.15) is 5.52 Å². The van der Waals surface area contributed by atoms with Crippen LogP contribution in [0.25, 0.3) is 22.6 Å². The number of para-hydroxylation sites is 3. The number of carbonyl (C=O) groups is 4. The van der Waals surface area contributed by atoms with Crippen LogP contribution in [-0.4, -0.2) is 53.8 Å². The SMILES string of the molecule is O=C1C2CC=C3C(CC4(Cl)C(=O)N(CBr)C(=O)C4(Cl)C3c3cccc(F)c3O)C2C(=O)N1c1ccc(-c2nc3ccccc3o2)cc1. The number of phenolic OH excluding ortho intramolecular Hbond substituents is 1. The third-order valence-corrected chi connectivity index (χ3v) is 11.9. The third kappa shape index (κ3) is 3.96. The number of halogens is 4. The maximum absolute atomic E-state index is 14.8. The minimum atomic E-state index is -2.15. The van der Waals surface area contributed by atoms with E-state index in [1.807, 2.05) is 24.3 Å². The Hall–Kier alpha value is -4.06. The summed E-state index contributed by atoms with van der Waals surface area (Å²) in [4.78, 5) is 58.1. The molecule has 9 nitrogen and oxygen atoms in total. The van der Waals surface area contributed by atoms with Crippen LogP contribution in [0.15, 0.2) is 82.8 Å². The van der Waals surface area contributed by atoms with Crippen molar-refractivity contribution in [3.8, 4) is 17.2 Å². The van der Waals surface area contributed by atoms with Gasteiger partial charge in [-0.2, -0.15) is 0 Å². The number of imide groups is 2. The highest BCUT2D eigenvalue weighted by Crippen LogP contribution is 2.66. The van der Waals surface area contributed by atoms with Crippen molar-refractivity contribution in [1.82, 2.24) is 9.88 Å². The van der Waals surface area contributed by atoms with E-state index in [-0.39, 0.29) is 23.9 Å². The standard InChI is InChI=1S/C34H23BrCl2FN3O6/c35-15-40-31(45)33(36)14-21-18(26(34(33,37)32(40)46)20-4-3-5-22(38)27(20)42)12-13-19-25(21)30(44)41(29(19)43)17-10-8-16(9-11-17)28-39-23-6-1-2-7-24(23)47-28/h1-12,19,21,25-26,42H,13-15H2. The van der Waals surface area contributed by atoms with E-state index in [1.165, 1.54) is 12.1 Å². The zero-order valence-corrected chi connectivity index (χ0v) is 27.3. The van der Waals surface area contributed by atoms with Crippen LogP contribution >= 0.6 is 39.1 Å². The first-order chi connectivity index (χ1) is 22.5. The number of nitrogens with zero attached hydrogens (tertiary/aromatic N) is 3. The molecule has 3 aromatic carbocycles. The summed E-state index contributed by atoms with van der Waals surface area (Å²) in [5.74, 6) is -7.63. The Morgan fingerprint density at radius 3 is 2.43 bits per heavy atom. The van der Waals surface area contributed by atoms with Crippen LogP contribution in [-0.2, 0) is 19.2 Å². The molecular formula is C34H23BrCl2FN3O6. The van der Waals surface area contributed by atoms with Gasteiger partial charge in [0.05, 0.1) is 23.0 Å². The molecule has 4 amide bonds. The number of rotatable bonds is 4. The number of carbonyl (C=O) groups excluding carboxylic acids is 4. The van der Waals surface area contributed by atoms with E-state index in [9.17, 15) is 28.7 Å². The van der Waals surface area contributed by atoms with Crippen molar-refractivity contribution < 1.29 is 33.1 Å². The van der Waals surface area contributed by atoms with Gasteiger partial charge in [-0.3, -0.25) is 29.0 Å². The van der Waals surface area contributed by atoms with Gasteiger partial charge in [-0.1, -0.05) is 51.8 Å². The van der Waals surface area contributed by atoms with E-state index >= 15 is 0 Å². The molecule has 0 spiro atoms. The molecule has 8 rings (SSSR count). The minimum Gasteiger partial charge on any atom is -0.505 e. The van der Waals surface area contributed by atoms with Crippen molar-refractivity contribution in [2.24, 2.45) is 17.8 Å². The first-order valence-corrected chi connectivity index (χ1v) is 16.7. The number of amides is 4. The molecule has 2 aliphatic carbocycles. The van der Waals surface area contributed by atoms with Crippen molar-refractivity contribution >= 4 is 79.5 Å². The fraction of sp³-hybridized carbons (Fsp3) is 0.265. The van der Waals surface area contributed by atoms with Crippen LogP contribution in [0.1, 0.15) is 24.3 Å². The molecule has 3 fully saturated rings. The van der Waals surface area contributed by atoms with E-state index in [1.54, 1.807) is 30.3 Å². The number of aromatic hydroxyl groups is 1. The topological polar surface area (TPSA) is 121 Å². The van der Waals surface area contributed by atoms with Crippen molar-refractivity contribution in [3.05, 3.63) is 89.8 Å². The van der Waals surface area contributed by atoms with E-state index in [0.717, 1.165) is 15.9 Å². The monoisotopic (exact) mass is 737 g/mol. The second kappa shape index (κ2) is 10.5. The third-order valence-electron chi connectivity index (χ3n) is 10.0. The van der Waals surface area contributed by atoms with E-state index < -0.39 is 68.6 Å². The molecule has 238 valence electrons. The molecule has 0 radical (unpaired) electrons. The lowest BCUT2D eigenvalue weighted by Crippen LogP contribution is -2.60. The highest BCUT2D eigenvalue weighted by atomic mass is 79.9. The highest BCUT2D eigenvalue weighted by Gasteiger charge is 2.76. The van der Waals surface area contributed by atoms with Crippen LogP contribution in [0, 0.1) is 23.6 Å². The lowest BCUT2D eigenvalue weighted by Gasteiger charge is -2.50. The molecule has 0 bridgehead atoms. The minimum absolute atomic E-state index is 0.0413. The summed E-state index contributed by atoms with van der Waals surface area (Å²) in [6, 6.07) is 17.9. The summed E-state index contributed by atoms with van der Waals surface area (Å²) >= 11 is 17.5. The average molecular weight is 739 g/mol. The molecule has 3 heterocycles. The zero-order valence-electron chi connectivity index (χ0n) is 24.2. The fourth-order valence-corrected chi connectivity index (χ4v) is 9.28. The number of allylic oxidation sites excluding steroid dienone is 2. The Morgan fingerprint density at radius 2 is 1.70 bits per heavy atom. The number of hydrogen-bond acceptors (Lipinski definition) is 7. The first-order valence-electron chi connectivity index (χ1n) is 14.8. The molecule has 47 heavy (non-hydrogen) atoms. The Labute approximate surface area is 285 Å². The molecular weight excluding hydrogens is 716 g/mol. The summed E-state index contributed by atoms with van der Waals surface area (Å²) in [6.45, 7) is 0. The smallest absolute Gasteiger partial charge is 0.254 e. The van der Waals surface area contributed by atoms with Gasteiger partial charge < -0.3 is 9.52 Å². The maximum Gasteiger partial charge on any atom is 0.254 e. The normalized spacial score (nSPS) is 30.1. The predicted octanol–water partition coefficient (Wildman–Crippen LogP) is 6.26. The Bertz CT molecular complexity index is 2050. The van der Waals surface area contributed by atoms with Gasteiger partial charge in [0.25, 0.3) is 11.8 Å². The number of fused-ring (bicyclic) bond motifs is 5. The molecule has 6 atom stereocenters. The average Bonchev–Trinajstić information content (AvgIpc) is 3.66. The number of likely N-dealkylation sites (tertiary alicyclic amines) is 1. The summed E-state index contributed by atoms with van der Waals surface area (Å²) in [5, 5.41) is 10.9. The first kappa shape index (κ1) is 30.3. The van der Waals surface area contributed by atoms with Crippen molar-refractivity contribution in [2.45, 2.75) is 28.5 Å². The Kier molecular flexibility index (Phi) is 6.75. The van der Waals surface area contributed by atoms with Crippen molar-refractivity contribution in [2.75, 3.05) is 10.4 Å². The number of hydrogen-bond donors (Lipinski definition) is 1. The zero-order chi connectivity index (χ0) is 33.0. The van der Waals surface area contributed by atoms with Gasteiger partial charge in [-0.15, -0.1) is 23.2 Å². The number of anilines is 1. The molecule has 6 unspecified atom stereocenters.